The highest BCUT2D eigenvalue weighted by Crippen LogP contribution is 2.44. The molecule has 2 aromatic heterocycles. The maximum absolute atomic E-state index is 9.48. The van der Waals surface area contributed by atoms with Crippen LogP contribution >= 0.6 is 0 Å². The van der Waals surface area contributed by atoms with Gasteiger partial charge in [-0.2, -0.15) is 0 Å². The highest BCUT2D eigenvalue weighted by atomic mass is 15.1. The lowest BCUT2D eigenvalue weighted by atomic mass is 9.97. The van der Waals surface area contributed by atoms with Crippen LogP contribution < -0.4 is 4.90 Å². The summed E-state index contributed by atoms with van der Waals surface area (Å²) in [4.78, 5) is 2.26. The van der Waals surface area contributed by atoms with Crippen LogP contribution in [0.4, 0.5) is 17.1 Å². The minimum atomic E-state index is 0.161. The van der Waals surface area contributed by atoms with Crippen molar-refractivity contribution in [3.63, 3.8) is 0 Å². The molecule has 9 aromatic carbocycles. The lowest BCUT2D eigenvalue weighted by Crippen LogP contribution is -2.09. The second-order valence-corrected chi connectivity index (χ2v) is 15.2. The molecule has 0 radical (unpaired) electrons. The molecular weight excluding hydrogens is 739 g/mol. The van der Waals surface area contributed by atoms with Gasteiger partial charge >= 0.3 is 0 Å². The van der Waals surface area contributed by atoms with Crippen LogP contribution in [0.1, 0.15) is 13.9 Å². The number of hydrogen-bond donors (Lipinski definition) is 0. The quantitative estimate of drug-likeness (QED) is 0.133. The van der Waals surface area contributed by atoms with Crippen LogP contribution in [0.15, 0.2) is 237 Å². The first-order valence-electron chi connectivity index (χ1n) is 21.7. The molecular formula is C58H41N3. The minimum Gasteiger partial charge on any atom is -0.310 e. The summed E-state index contributed by atoms with van der Waals surface area (Å²) >= 11 is 0. The summed E-state index contributed by atoms with van der Waals surface area (Å²) < 4.78 is 23.6. The molecule has 0 amide bonds. The van der Waals surface area contributed by atoms with Crippen molar-refractivity contribution < 1.29 is 2.74 Å². The summed E-state index contributed by atoms with van der Waals surface area (Å²) in [6.45, 7) is 0. The third-order valence-electron chi connectivity index (χ3n) is 11.5. The van der Waals surface area contributed by atoms with E-state index in [0.717, 1.165) is 72.8 Å². The summed E-state index contributed by atoms with van der Waals surface area (Å²) in [5, 5.41) is 3.38. The average Bonchev–Trinajstić information content (AvgIpc) is 3.88. The molecule has 0 saturated carbocycles. The minimum absolute atomic E-state index is 0.161. The van der Waals surface area contributed by atoms with E-state index in [1.165, 1.54) is 10.8 Å². The van der Waals surface area contributed by atoms with Crippen LogP contribution in [0.5, 0.6) is 0 Å². The van der Waals surface area contributed by atoms with Crippen molar-refractivity contribution in [3.05, 3.63) is 248 Å². The first-order chi connectivity index (χ1) is 31.1. The van der Waals surface area contributed by atoms with E-state index in [-0.39, 0.29) is 12.1 Å². The fraction of sp³-hybridized carbons (Fsp3) is 0. The Morgan fingerprint density at radius 2 is 0.820 bits per heavy atom. The van der Waals surface area contributed by atoms with Gasteiger partial charge in [0.25, 0.3) is 0 Å². The number of benzene rings is 9. The molecule has 288 valence electrons. The van der Waals surface area contributed by atoms with Gasteiger partial charge in [0, 0.05) is 50.2 Å². The zero-order valence-electron chi connectivity index (χ0n) is 35.4. The number of rotatable bonds is 9. The molecule has 0 N–H and O–H groups in total. The highest BCUT2D eigenvalue weighted by Gasteiger charge is 2.22. The highest BCUT2D eigenvalue weighted by molar-refractivity contribution is 6.11. The van der Waals surface area contributed by atoms with Crippen molar-refractivity contribution in [2.24, 2.45) is 0 Å². The fourth-order valence-corrected chi connectivity index (χ4v) is 8.80. The van der Waals surface area contributed by atoms with Crippen LogP contribution in [0, 0.1) is 0 Å². The van der Waals surface area contributed by atoms with Gasteiger partial charge in [-0.3, -0.25) is 0 Å². The third kappa shape index (κ3) is 6.59. The van der Waals surface area contributed by atoms with Crippen molar-refractivity contribution in [3.8, 4) is 33.8 Å². The van der Waals surface area contributed by atoms with Crippen LogP contribution in [-0.4, -0.2) is 9.13 Å². The Balaban J connectivity index is 1.01. The smallest absolute Gasteiger partial charge is 0.0629 e. The molecule has 0 aliphatic heterocycles. The number of anilines is 3. The zero-order chi connectivity index (χ0) is 42.3. The van der Waals surface area contributed by atoms with E-state index in [0.29, 0.717) is 11.1 Å². The number of aromatic nitrogens is 2. The Kier molecular flexibility index (Phi) is 8.62. The van der Waals surface area contributed by atoms with Gasteiger partial charge in [0.05, 0.1) is 25.0 Å². The standard InChI is InChI=1S/C58H41N3/c1-6-18-44(19-7-1)57-53-40-43(34-38-56(53)61(48-26-14-5-15-27-48)58(57)45-20-8-2-9-21-45)31-30-42-32-35-49(36-33-42)59(46-22-10-3-11-23-46)50-37-39-55-52(41-50)51-28-16-17-29-54(51)60(55)47-24-12-4-13-25-47/h1-41H/b31-30+/i30D,31D. The molecule has 3 heteroatoms. The van der Waals surface area contributed by atoms with E-state index >= 15 is 0 Å². The predicted molar refractivity (Wildman–Crippen MR) is 259 cm³/mol. The third-order valence-corrected chi connectivity index (χ3v) is 11.5. The normalized spacial score (nSPS) is 12.3. The number of nitrogens with zero attached hydrogens (tertiary/aromatic N) is 3. The Bertz CT molecular complexity index is 3430. The van der Waals surface area contributed by atoms with Gasteiger partial charge in [-0.15, -0.1) is 0 Å². The van der Waals surface area contributed by atoms with Crippen molar-refractivity contribution in [2.45, 2.75) is 0 Å². The van der Waals surface area contributed by atoms with E-state index in [2.05, 4.69) is 208 Å². The van der Waals surface area contributed by atoms with E-state index in [4.69, 9.17) is 0 Å². The summed E-state index contributed by atoms with van der Waals surface area (Å²) in [5.41, 5.74) is 14.3. The first kappa shape index (κ1) is 33.8. The number of hydrogen-bond acceptors (Lipinski definition) is 1. The van der Waals surface area contributed by atoms with E-state index in [1.807, 2.05) is 42.5 Å². The van der Waals surface area contributed by atoms with Crippen LogP contribution in [-0.2, 0) is 0 Å². The zero-order valence-corrected chi connectivity index (χ0v) is 33.4. The second-order valence-electron chi connectivity index (χ2n) is 15.2. The molecule has 0 aliphatic carbocycles. The molecule has 0 aliphatic rings. The number of fused-ring (bicyclic) bond motifs is 4. The molecule has 11 aromatic rings. The summed E-state index contributed by atoms with van der Waals surface area (Å²) in [6, 6.07) is 82.2. The van der Waals surface area contributed by atoms with Crippen LogP contribution in [0.25, 0.3) is 78.6 Å². The predicted octanol–water partition coefficient (Wildman–Crippen LogP) is 15.7. The molecule has 0 fully saturated rings. The summed E-state index contributed by atoms with van der Waals surface area (Å²) in [5.74, 6) is 0. The molecule has 0 bridgehead atoms. The van der Waals surface area contributed by atoms with Gasteiger partial charge in [-0.25, -0.2) is 0 Å². The van der Waals surface area contributed by atoms with Crippen molar-refractivity contribution >= 4 is 61.9 Å². The largest absolute Gasteiger partial charge is 0.310 e. The molecule has 0 unspecified atom stereocenters. The molecule has 0 atom stereocenters. The van der Waals surface area contributed by atoms with E-state index in [9.17, 15) is 2.74 Å². The maximum atomic E-state index is 9.48. The summed E-state index contributed by atoms with van der Waals surface area (Å²) in [7, 11) is 0. The van der Waals surface area contributed by atoms with Crippen molar-refractivity contribution in [1.82, 2.24) is 9.13 Å². The topological polar surface area (TPSA) is 13.1 Å². The molecule has 2 heterocycles. The van der Waals surface area contributed by atoms with Gasteiger partial charge in [-0.05, 0) is 107 Å². The molecule has 0 spiro atoms. The first-order valence-corrected chi connectivity index (χ1v) is 20.7. The molecule has 61 heavy (non-hydrogen) atoms. The van der Waals surface area contributed by atoms with Crippen molar-refractivity contribution in [2.75, 3.05) is 4.90 Å². The van der Waals surface area contributed by atoms with Gasteiger partial charge in [0.15, 0.2) is 0 Å². The van der Waals surface area contributed by atoms with Gasteiger partial charge < -0.3 is 14.0 Å². The monoisotopic (exact) mass is 781 g/mol. The van der Waals surface area contributed by atoms with Crippen molar-refractivity contribution in [1.29, 1.82) is 0 Å². The van der Waals surface area contributed by atoms with E-state index < -0.39 is 0 Å². The molecule has 3 nitrogen and oxygen atoms in total. The SMILES string of the molecule is [2H]/C(=C(/[2H])c1ccc2c(c1)c(-c1ccccc1)c(-c1ccccc1)n2-c1ccccc1)c1ccc(N(c2ccccc2)c2ccc3c(c2)c2ccccc2n3-c2ccccc2)cc1. The summed E-state index contributed by atoms with van der Waals surface area (Å²) in [6.07, 6.45) is 0. The van der Waals surface area contributed by atoms with Gasteiger partial charge in [-0.1, -0.05) is 164 Å². The Labute approximate surface area is 358 Å². The molecule has 11 rings (SSSR count). The Morgan fingerprint density at radius 1 is 0.344 bits per heavy atom. The average molecular weight is 782 g/mol. The lowest BCUT2D eigenvalue weighted by Gasteiger charge is -2.25. The van der Waals surface area contributed by atoms with Gasteiger partial charge in [0.1, 0.15) is 0 Å². The second kappa shape index (κ2) is 15.6. The Hall–Kier alpha value is -8.14. The molecule has 0 saturated heterocycles. The van der Waals surface area contributed by atoms with E-state index in [1.54, 1.807) is 0 Å². The lowest BCUT2D eigenvalue weighted by molar-refractivity contribution is 1.13. The van der Waals surface area contributed by atoms with Crippen LogP contribution in [0.2, 0.25) is 0 Å². The maximum Gasteiger partial charge on any atom is 0.0629 e. The number of para-hydroxylation sites is 4. The Morgan fingerprint density at radius 3 is 1.51 bits per heavy atom. The fourth-order valence-electron chi connectivity index (χ4n) is 8.80. The van der Waals surface area contributed by atoms with Gasteiger partial charge in [0.2, 0.25) is 0 Å². The van der Waals surface area contributed by atoms with Crippen LogP contribution in [0.3, 0.4) is 0 Å².